The van der Waals surface area contributed by atoms with E-state index in [2.05, 4.69) is 5.10 Å². The van der Waals surface area contributed by atoms with Gasteiger partial charge >= 0.3 is 5.97 Å². The van der Waals surface area contributed by atoms with Gasteiger partial charge in [-0.2, -0.15) is 5.10 Å². The number of hydrogen-bond donors (Lipinski definition) is 1. The molecule has 15 heavy (non-hydrogen) atoms. The molecule has 0 fully saturated rings. The molecule has 0 saturated carbocycles. The molecule has 4 nitrogen and oxygen atoms in total. The molecule has 2 rings (SSSR count). The zero-order chi connectivity index (χ0) is 11.0. The van der Waals surface area contributed by atoms with Gasteiger partial charge in [-0.05, 0) is 6.07 Å². The summed E-state index contributed by atoms with van der Waals surface area (Å²) in [4.78, 5) is 10.7. The Morgan fingerprint density at radius 2 is 2.20 bits per heavy atom. The van der Waals surface area contributed by atoms with Crippen molar-refractivity contribution >= 4 is 34.7 Å². The van der Waals surface area contributed by atoms with Gasteiger partial charge in [0.15, 0.2) is 0 Å². The highest BCUT2D eigenvalue weighted by molar-refractivity contribution is 6.35. The summed E-state index contributed by atoms with van der Waals surface area (Å²) in [5.74, 6) is -0.956. The lowest BCUT2D eigenvalue weighted by Gasteiger charge is -2.04. The molecule has 1 N–H and O–H groups in total. The number of halogens is 2. The highest BCUT2D eigenvalue weighted by Crippen LogP contribution is 2.26. The van der Waals surface area contributed by atoms with Crippen molar-refractivity contribution < 1.29 is 9.90 Å². The summed E-state index contributed by atoms with van der Waals surface area (Å²) in [6.45, 7) is 0. The minimum absolute atomic E-state index is 0.172. The van der Waals surface area contributed by atoms with Gasteiger partial charge < -0.3 is 5.11 Å². The maximum Gasteiger partial charge on any atom is 0.307 e. The average Bonchev–Trinajstić information content (AvgIpc) is 2.52. The Morgan fingerprint density at radius 3 is 2.87 bits per heavy atom. The lowest BCUT2D eigenvalue weighted by atomic mass is 10.1. The third kappa shape index (κ3) is 1.78. The van der Waals surface area contributed by atoms with E-state index >= 15 is 0 Å². The van der Waals surface area contributed by atoms with Gasteiger partial charge in [0.05, 0.1) is 23.2 Å². The predicted molar refractivity (Wildman–Crippen MR) is 56.6 cm³/mol. The summed E-state index contributed by atoms with van der Waals surface area (Å²) >= 11 is 11.8. The third-order valence-electron chi connectivity index (χ3n) is 2.02. The van der Waals surface area contributed by atoms with Crippen molar-refractivity contribution in [1.29, 1.82) is 0 Å². The number of carboxylic acid groups (broad SMARTS) is 1. The second-order valence-electron chi connectivity index (χ2n) is 3.00. The lowest BCUT2D eigenvalue weighted by molar-refractivity contribution is -0.136. The van der Waals surface area contributed by atoms with Gasteiger partial charge in [-0.15, -0.1) is 0 Å². The van der Waals surface area contributed by atoms with E-state index in [1.54, 1.807) is 12.3 Å². The van der Waals surface area contributed by atoms with Gasteiger partial charge in [0, 0.05) is 16.8 Å². The fraction of sp³-hybridized carbons (Fsp3) is 0.111. The van der Waals surface area contributed by atoms with E-state index in [1.807, 2.05) is 0 Å². The summed E-state index contributed by atoms with van der Waals surface area (Å²) in [5.41, 5.74) is 1.03. The predicted octanol–water partition coefficient (Wildman–Crippen LogP) is 2.27. The minimum Gasteiger partial charge on any atom is -0.481 e. The summed E-state index contributed by atoms with van der Waals surface area (Å²) < 4.78 is 1.51. The van der Waals surface area contributed by atoms with E-state index < -0.39 is 5.97 Å². The number of fused-ring (bicyclic) bond motifs is 1. The molecule has 0 spiro atoms. The SMILES string of the molecule is O=C(O)Cc1c(Cl)ccn2ncc(Cl)c12. The smallest absolute Gasteiger partial charge is 0.307 e. The molecule has 0 aliphatic carbocycles. The van der Waals surface area contributed by atoms with Crippen molar-refractivity contribution in [2.24, 2.45) is 0 Å². The molecular weight excluding hydrogens is 239 g/mol. The van der Waals surface area contributed by atoms with Crippen molar-refractivity contribution in [1.82, 2.24) is 9.61 Å². The molecule has 0 aromatic carbocycles. The first-order valence-corrected chi connectivity index (χ1v) is 4.87. The second-order valence-corrected chi connectivity index (χ2v) is 3.81. The highest BCUT2D eigenvalue weighted by Gasteiger charge is 2.13. The van der Waals surface area contributed by atoms with Crippen molar-refractivity contribution in [2.45, 2.75) is 6.42 Å². The molecular formula is C9H6Cl2N2O2. The van der Waals surface area contributed by atoms with Crippen molar-refractivity contribution in [3.63, 3.8) is 0 Å². The van der Waals surface area contributed by atoms with E-state index in [4.69, 9.17) is 28.3 Å². The van der Waals surface area contributed by atoms with Crippen LogP contribution in [0.4, 0.5) is 0 Å². The molecule has 2 aromatic rings. The molecule has 0 aliphatic heterocycles. The lowest BCUT2D eigenvalue weighted by Crippen LogP contribution is -2.03. The summed E-state index contributed by atoms with van der Waals surface area (Å²) in [6, 6.07) is 1.59. The van der Waals surface area contributed by atoms with Crippen LogP contribution in [0.3, 0.4) is 0 Å². The first-order valence-electron chi connectivity index (χ1n) is 4.11. The van der Waals surface area contributed by atoms with E-state index in [0.29, 0.717) is 21.1 Å². The Bertz CT molecular complexity index is 536. The van der Waals surface area contributed by atoms with Gasteiger partial charge in [0.2, 0.25) is 0 Å². The molecule has 0 radical (unpaired) electrons. The van der Waals surface area contributed by atoms with Gasteiger partial charge in [0.25, 0.3) is 0 Å². The fourth-order valence-electron chi connectivity index (χ4n) is 1.41. The van der Waals surface area contributed by atoms with Crippen LogP contribution in [0, 0.1) is 0 Å². The van der Waals surface area contributed by atoms with Crippen LogP contribution in [0.5, 0.6) is 0 Å². The molecule has 2 aromatic heterocycles. The normalized spacial score (nSPS) is 10.8. The van der Waals surface area contributed by atoms with Gasteiger partial charge in [0.1, 0.15) is 0 Å². The number of rotatable bonds is 2. The standard InChI is InChI=1S/C9H6Cl2N2O2/c10-6-1-2-13-9(7(11)4-12-13)5(6)3-8(14)15/h1-2,4H,3H2,(H,14,15). The van der Waals surface area contributed by atoms with Crippen LogP contribution in [0.25, 0.3) is 5.52 Å². The fourth-order valence-corrected chi connectivity index (χ4v) is 1.86. The summed E-state index contributed by atoms with van der Waals surface area (Å²) in [7, 11) is 0. The van der Waals surface area contributed by atoms with Crippen LogP contribution in [-0.2, 0) is 11.2 Å². The molecule has 0 bridgehead atoms. The van der Waals surface area contributed by atoms with Crippen LogP contribution in [-0.4, -0.2) is 20.7 Å². The summed E-state index contributed by atoms with van der Waals surface area (Å²) in [6.07, 6.45) is 2.92. The molecule has 0 aliphatic rings. The molecule has 0 amide bonds. The van der Waals surface area contributed by atoms with Crippen LogP contribution in [0.1, 0.15) is 5.56 Å². The van der Waals surface area contributed by atoms with E-state index in [0.717, 1.165) is 0 Å². The second kappa shape index (κ2) is 3.72. The van der Waals surface area contributed by atoms with Crippen LogP contribution in [0.15, 0.2) is 18.5 Å². The number of carboxylic acids is 1. The number of aliphatic carboxylic acids is 1. The van der Waals surface area contributed by atoms with Crippen LogP contribution in [0.2, 0.25) is 10.0 Å². The van der Waals surface area contributed by atoms with Gasteiger partial charge in [-0.3, -0.25) is 4.79 Å². The first-order chi connectivity index (χ1) is 7.09. The zero-order valence-electron chi connectivity index (χ0n) is 7.44. The number of nitrogens with zero attached hydrogens (tertiary/aromatic N) is 2. The third-order valence-corrected chi connectivity index (χ3v) is 2.65. The maximum absolute atomic E-state index is 10.7. The Hall–Kier alpha value is -1.26. The molecule has 0 unspecified atom stereocenters. The Kier molecular flexibility index (Phi) is 2.54. The molecule has 6 heteroatoms. The van der Waals surface area contributed by atoms with E-state index in [9.17, 15) is 4.79 Å². The highest BCUT2D eigenvalue weighted by atomic mass is 35.5. The summed E-state index contributed by atoms with van der Waals surface area (Å²) in [5, 5.41) is 13.5. The van der Waals surface area contributed by atoms with Crippen LogP contribution >= 0.6 is 23.2 Å². The van der Waals surface area contributed by atoms with E-state index in [-0.39, 0.29) is 6.42 Å². The minimum atomic E-state index is -0.956. The number of aromatic nitrogens is 2. The maximum atomic E-state index is 10.7. The largest absolute Gasteiger partial charge is 0.481 e. The Balaban J connectivity index is 2.72. The first kappa shape index (κ1) is 10.3. The van der Waals surface area contributed by atoms with E-state index in [1.165, 1.54) is 10.7 Å². The number of pyridine rings is 1. The average molecular weight is 245 g/mol. The van der Waals surface area contributed by atoms with Crippen LogP contribution < -0.4 is 0 Å². The zero-order valence-corrected chi connectivity index (χ0v) is 8.96. The number of carbonyl (C=O) groups is 1. The van der Waals surface area contributed by atoms with Crippen molar-refractivity contribution in [3.05, 3.63) is 34.1 Å². The van der Waals surface area contributed by atoms with Crippen molar-refractivity contribution in [3.8, 4) is 0 Å². The molecule has 2 heterocycles. The van der Waals surface area contributed by atoms with Gasteiger partial charge in [-0.25, -0.2) is 4.52 Å². The Labute approximate surface area is 95.0 Å². The van der Waals surface area contributed by atoms with Crippen molar-refractivity contribution in [2.75, 3.05) is 0 Å². The topological polar surface area (TPSA) is 54.6 Å². The molecule has 0 saturated heterocycles. The number of hydrogen-bond acceptors (Lipinski definition) is 2. The quantitative estimate of drug-likeness (QED) is 0.882. The monoisotopic (exact) mass is 244 g/mol. The molecule has 78 valence electrons. The molecule has 0 atom stereocenters. The van der Waals surface area contributed by atoms with Gasteiger partial charge in [-0.1, -0.05) is 23.2 Å². The Morgan fingerprint density at radius 1 is 1.47 bits per heavy atom.